The molecular weight excluding hydrogens is 219 g/mol. The van der Waals surface area contributed by atoms with Crippen LogP contribution < -0.4 is 5.73 Å². The van der Waals surface area contributed by atoms with Gasteiger partial charge in [0, 0.05) is 6.54 Å². The summed E-state index contributed by atoms with van der Waals surface area (Å²) in [6.45, 7) is 1.68. The molecule has 2 aromatic rings. The Morgan fingerprint density at radius 2 is 2.06 bits per heavy atom. The van der Waals surface area contributed by atoms with Gasteiger partial charge in [0.05, 0.1) is 11.9 Å². The molecule has 0 radical (unpaired) electrons. The molecule has 0 saturated heterocycles. The van der Waals surface area contributed by atoms with Crippen molar-refractivity contribution in [2.24, 2.45) is 5.73 Å². The summed E-state index contributed by atoms with van der Waals surface area (Å²) in [5.41, 5.74) is 5.11. The quantitative estimate of drug-likeness (QED) is 0.877. The molecule has 1 unspecified atom stereocenters. The Hall–Kier alpha value is -1.75. The van der Waals surface area contributed by atoms with Crippen molar-refractivity contribution in [3.63, 3.8) is 0 Å². The van der Waals surface area contributed by atoms with Gasteiger partial charge in [-0.05, 0) is 18.6 Å². The zero-order valence-electron chi connectivity index (χ0n) is 9.68. The number of hydrogen-bond donors (Lipinski definition) is 1. The zero-order chi connectivity index (χ0) is 12.3. The fraction of sp³-hybridized carbons (Fsp3) is 0.333. The van der Waals surface area contributed by atoms with E-state index in [0.29, 0.717) is 12.1 Å². The first kappa shape index (κ1) is 11.7. The average Bonchev–Trinajstić information content (AvgIpc) is 2.88. The first-order valence-corrected chi connectivity index (χ1v) is 5.57. The molecule has 17 heavy (non-hydrogen) atoms. The molecule has 2 rings (SSSR count). The maximum atomic E-state index is 14.5. The minimum absolute atomic E-state index is 0.0797. The van der Waals surface area contributed by atoms with Crippen molar-refractivity contribution < 1.29 is 4.39 Å². The molecule has 0 spiro atoms. The Kier molecular flexibility index (Phi) is 3.19. The predicted octanol–water partition coefficient (Wildman–Crippen LogP) is 1.80. The van der Waals surface area contributed by atoms with Crippen molar-refractivity contribution in [1.29, 1.82) is 0 Å². The summed E-state index contributed by atoms with van der Waals surface area (Å²) in [4.78, 5) is 0. The number of hydrogen-bond acceptors (Lipinski definition) is 3. The molecular formula is C12H15FN4. The van der Waals surface area contributed by atoms with Crippen LogP contribution in [-0.4, -0.2) is 21.5 Å². The second-order valence-electron chi connectivity index (χ2n) is 3.89. The maximum Gasteiger partial charge on any atom is 0.166 e. The van der Waals surface area contributed by atoms with E-state index in [4.69, 9.17) is 5.73 Å². The molecule has 2 N–H and O–H groups in total. The smallest absolute Gasteiger partial charge is 0.166 e. The summed E-state index contributed by atoms with van der Waals surface area (Å²) in [5, 5.41) is 7.70. The van der Waals surface area contributed by atoms with Gasteiger partial charge in [0.15, 0.2) is 5.67 Å². The molecule has 4 nitrogen and oxygen atoms in total. The Balaban J connectivity index is 2.49. The van der Waals surface area contributed by atoms with E-state index in [0.717, 1.165) is 5.69 Å². The fourth-order valence-corrected chi connectivity index (χ4v) is 1.73. The van der Waals surface area contributed by atoms with E-state index in [-0.39, 0.29) is 6.54 Å². The molecule has 0 aliphatic rings. The van der Waals surface area contributed by atoms with E-state index < -0.39 is 5.67 Å². The van der Waals surface area contributed by atoms with E-state index in [2.05, 4.69) is 10.3 Å². The van der Waals surface area contributed by atoms with E-state index in [9.17, 15) is 4.39 Å². The molecule has 0 bridgehead atoms. The van der Waals surface area contributed by atoms with Crippen LogP contribution in [0.4, 0.5) is 4.39 Å². The lowest BCUT2D eigenvalue weighted by Crippen LogP contribution is -2.32. The van der Waals surface area contributed by atoms with Crippen molar-refractivity contribution in [2.45, 2.75) is 19.0 Å². The largest absolute Gasteiger partial charge is 0.327 e. The van der Waals surface area contributed by atoms with Crippen molar-refractivity contribution in [3.8, 4) is 5.69 Å². The minimum Gasteiger partial charge on any atom is -0.327 e. The van der Waals surface area contributed by atoms with Crippen LogP contribution in [-0.2, 0) is 5.67 Å². The van der Waals surface area contributed by atoms with Gasteiger partial charge in [0.25, 0.3) is 0 Å². The molecule has 1 atom stereocenters. The Labute approximate surface area is 99.2 Å². The highest BCUT2D eigenvalue weighted by molar-refractivity contribution is 5.33. The number of nitrogens with zero attached hydrogens (tertiary/aromatic N) is 3. The van der Waals surface area contributed by atoms with Crippen LogP contribution in [0.3, 0.4) is 0 Å². The molecule has 1 aromatic heterocycles. The lowest BCUT2D eigenvalue weighted by atomic mass is 9.99. The second kappa shape index (κ2) is 4.63. The number of nitrogens with two attached hydrogens (primary N) is 1. The Morgan fingerprint density at radius 1 is 1.35 bits per heavy atom. The van der Waals surface area contributed by atoms with E-state index >= 15 is 0 Å². The third kappa shape index (κ3) is 2.06. The van der Waals surface area contributed by atoms with Crippen LogP contribution in [0.25, 0.3) is 5.69 Å². The lowest BCUT2D eigenvalue weighted by molar-refractivity contribution is 0.158. The number of halogens is 1. The molecule has 0 aliphatic heterocycles. The third-order valence-electron chi connectivity index (χ3n) is 2.89. The van der Waals surface area contributed by atoms with Crippen molar-refractivity contribution in [3.05, 3.63) is 42.2 Å². The molecule has 5 heteroatoms. The topological polar surface area (TPSA) is 56.7 Å². The highest BCUT2D eigenvalue weighted by atomic mass is 19.1. The normalized spacial score (nSPS) is 14.5. The van der Waals surface area contributed by atoms with Crippen LogP contribution in [0.5, 0.6) is 0 Å². The summed E-state index contributed by atoms with van der Waals surface area (Å²) < 4.78 is 16.0. The van der Waals surface area contributed by atoms with Crippen LogP contribution >= 0.6 is 0 Å². The van der Waals surface area contributed by atoms with Crippen LogP contribution in [0, 0.1) is 0 Å². The molecule has 0 fully saturated rings. The second-order valence-corrected chi connectivity index (χ2v) is 3.89. The molecule has 0 amide bonds. The molecule has 90 valence electrons. The van der Waals surface area contributed by atoms with Crippen LogP contribution in [0.1, 0.15) is 19.0 Å². The zero-order valence-corrected chi connectivity index (χ0v) is 9.68. The van der Waals surface area contributed by atoms with Gasteiger partial charge >= 0.3 is 0 Å². The molecule has 1 heterocycles. The van der Waals surface area contributed by atoms with E-state index in [1.165, 1.54) is 10.9 Å². The van der Waals surface area contributed by atoms with Gasteiger partial charge in [-0.2, -0.15) is 0 Å². The third-order valence-corrected chi connectivity index (χ3v) is 2.89. The van der Waals surface area contributed by atoms with Gasteiger partial charge in [-0.25, -0.2) is 9.07 Å². The fourth-order valence-electron chi connectivity index (χ4n) is 1.73. The number of aromatic nitrogens is 3. The summed E-state index contributed by atoms with van der Waals surface area (Å²) in [7, 11) is 0. The first-order chi connectivity index (χ1) is 8.21. The van der Waals surface area contributed by atoms with Crippen LogP contribution in [0.2, 0.25) is 0 Å². The van der Waals surface area contributed by atoms with Gasteiger partial charge in [-0.1, -0.05) is 30.3 Å². The van der Waals surface area contributed by atoms with Gasteiger partial charge < -0.3 is 5.73 Å². The summed E-state index contributed by atoms with van der Waals surface area (Å²) in [6.07, 6.45) is 1.73. The Bertz CT molecular complexity index is 476. The van der Waals surface area contributed by atoms with Gasteiger partial charge in [0.1, 0.15) is 5.69 Å². The molecule has 1 aromatic carbocycles. The van der Waals surface area contributed by atoms with E-state index in [1.807, 2.05) is 30.3 Å². The van der Waals surface area contributed by atoms with Gasteiger partial charge in [-0.15, -0.1) is 5.10 Å². The Morgan fingerprint density at radius 3 is 2.65 bits per heavy atom. The van der Waals surface area contributed by atoms with Crippen molar-refractivity contribution in [1.82, 2.24) is 15.0 Å². The predicted molar refractivity (Wildman–Crippen MR) is 63.5 cm³/mol. The molecule has 0 aliphatic carbocycles. The first-order valence-electron chi connectivity index (χ1n) is 5.57. The highest BCUT2D eigenvalue weighted by Gasteiger charge is 2.32. The monoisotopic (exact) mass is 234 g/mol. The van der Waals surface area contributed by atoms with Gasteiger partial charge in [0.2, 0.25) is 0 Å². The number of rotatable bonds is 4. The number of benzene rings is 1. The lowest BCUT2D eigenvalue weighted by Gasteiger charge is -2.22. The SMILES string of the molecule is CCC(F)(CN)c1cnnn1-c1ccccc1. The number of para-hydroxylation sites is 1. The van der Waals surface area contributed by atoms with Crippen molar-refractivity contribution in [2.75, 3.05) is 6.54 Å². The van der Waals surface area contributed by atoms with Crippen LogP contribution in [0.15, 0.2) is 36.5 Å². The highest BCUT2D eigenvalue weighted by Crippen LogP contribution is 2.29. The average molecular weight is 234 g/mol. The standard InChI is InChI=1S/C12H15FN4/c1-2-12(13,9-14)11-8-15-16-17(11)10-6-4-3-5-7-10/h3-8H,2,9,14H2,1H3. The summed E-state index contributed by atoms with van der Waals surface area (Å²) in [6, 6.07) is 9.34. The summed E-state index contributed by atoms with van der Waals surface area (Å²) in [5.74, 6) is 0. The summed E-state index contributed by atoms with van der Waals surface area (Å²) >= 11 is 0. The maximum absolute atomic E-state index is 14.5. The van der Waals surface area contributed by atoms with Gasteiger partial charge in [-0.3, -0.25) is 0 Å². The molecule has 0 saturated carbocycles. The van der Waals surface area contributed by atoms with E-state index in [1.54, 1.807) is 6.92 Å². The van der Waals surface area contributed by atoms with Crippen molar-refractivity contribution >= 4 is 0 Å². The minimum atomic E-state index is -1.58. The number of alkyl halides is 1.